The van der Waals surface area contributed by atoms with Crippen molar-refractivity contribution in [2.24, 2.45) is 4.99 Å². The summed E-state index contributed by atoms with van der Waals surface area (Å²) in [6.07, 6.45) is 2.97. The van der Waals surface area contributed by atoms with Crippen molar-refractivity contribution in [1.29, 1.82) is 0 Å². The minimum absolute atomic E-state index is 0.276. The SMILES string of the molecule is CCCn1cc(CN=C(NC(=O)c2cccc(Cl)c2)Nc2cc(OC)cc(OC)c2)c(C)n1. The number of hydrogen-bond acceptors (Lipinski definition) is 5. The Morgan fingerprint density at radius 1 is 1.15 bits per heavy atom. The number of aliphatic imine (C=N–C) groups is 1. The predicted octanol–water partition coefficient (Wildman–Crippen LogP) is 4.67. The van der Waals surface area contributed by atoms with Gasteiger partial charge in [0.15, 0.2) is 0 Å². The molecule has 0 unspecified atom stereocenters. The molecule has 0 saturated heterocycles. The Morgan fingerprint density at radius 3 is 2.52 bits per heavy atom. The number of benzene rings is 2. The molecule has 1 heterocycles. The summed E-state index contributed by atoms with van der Waals surface area (Å²) in [4.78, 5) is 17.5. The average Bonchev–Trinajstić information content (AvgIpc) is 3.16. The number of aromatic nitrogens is 2. The Balaban J connectivity index is 1.88. The molecule has 33 heavy (non-hydrogen) atoms. The molecule has 0 aliphatic heterocycles. The second kappa shape index (κ2) is 11.4. The lowest BCUT2D eigenvalue weighted by atomic mass is 10.2. The molecule has 0 atom stereocenters. The number of guanidine groups is 1. The Morgan fingerprint density at radius 2 is 1.88 bits per heavy atom. The molecule has 174 valence electrons. The second-order valence-corrected chi connectivity index (χ2v) is 7.79. The number of aryl methyl sites for hydroxylation is 2. The minimum atomic E-state index is -0.336. The maximum absolute atomic E-state index is 12.9. The van der Waals surface area contributed by atoms with Crippen LogP contribution in [0.25, 0.3) is 0 Å². The van der Waals surface area contributed by atoms with Gasteiger partial charge in [-0.2, -0.15) is 5.10 Å². The summed E-state index contributed by atoms with van der Waals surface area (Å²) in [7, 11) is 3.15. The molecule has 3 aromatic rings. The van der Waals surface area contributed by atoms with E-state index >= 15 is 0 Å². The van der Waals surface area contributed by atoms with Crippen LogP contribution in [-0.2, 0) is 13.1 Å². The zero-order chi connectivity index (χ0) is 23.8. The average molecular weight is 470 g/mol. The number of halogens is 1. The van der Waals surface area contributed by atoms with E-state index in [9.17, 15) is 4.79 Å². The van der Waals surface area contributed by atoms with Gasteiger partial charge in [-0.15, -0.1) is 0 Å². The number of anilines is 1. The molecule has 3 rings (SSSR count). The number of rotatable bonds is 8. The van der Waals surface area contributed by atoms with Gasteiger partial charge in [0.05, 0.1) is 26.5 Å². The number of nitrogens with zero attached hydrogens (tertiary/aromatic N) is 3. The molecule has 2 N–H and O–H groups in total. The number of nitrogens with one attached hydrogen (secondary N) is 2. The van der Waals surface area contributed by atoms with Crippen LogP contribution in [0.15, 0.2) is 53.7 Å². The summed E-state index contributed by atoms with van der Waals surface area (Å²) < 4.78 is 12.6. The van der Waals surface area contributed by atoms with Gasteiger partial charge in [0.2, 0.25) is 5.96 Å². The minimum Gasteiger partial charge on any atom is -0.497 e. The molecule has 0 bridgehead atoms. The molecule has 8 nitrogen and oxygen atoms in total. The van der Waals surface area contributed by atoms with Gasteiger partial charge in [0.25, 0.3) is 5.91 Å². The third-order valence-electron chi connectivity index (χ3n) is 4.84. The Labute approximate surface area is 198 Å². The van der Waals surface area contributed by atoms with Crippen molar-refractivity contribution in [1.82, 2.24) is 15.1 Å². The third kappa shape index (κ3) is 6.73. The normalized spacial score (nSPS) is 11.2. The number of ether oxygens (including phenoxy) is 2. The molecule has 0 saturated carbocycles. The van der Waals surface area contributed by atoms with Gasteiger partial charge in [-0.1, -0.05) is 24.6 Å². The fraction of sp³-hybridized carbons (Fsp3) is 0.292. The summed E-state index contributed by atoms with van der Waals surface area (Å²) >= 11 is 6.05. The topological polar surface area (TPSA) is 89.8 Å². The first-order chi connectivity index (χ1) is 15.9. The Bertz CT molecular complexity index is 1120. The van der Waals surface area contributed by atoms with Crippen molar-refractivity contribution in [2.45, 2.75) is 33.4 Å². The van der Waals surface area contributed by atoms with Crippen LogP contribution in [0.5, 0.6) is 11.5 Å². The van der Waals surface area contributed by atoms with Crippen LogP contribution in [0, 0.1) is 6.92 Å². The van der Waals surface area contributed by atoms with E-state index < -0.39 is 0 Å². The fourth-order valence-electron chi connectivity index (χ4n) is 3.16. The van der Waals surface area contributed by atoms with E-state index in [1.807, 2.05) is 17.8 Å². The molecule has 1 amide bonds. The van der Waals surface area contributed by atoms with Gasteiger partial charge in [0.1, 0.15) is 11.5 Å². The lowest BCUT2D eigenvalue weighted by Crippen LogP contribution is -2.36. The van der Waals surface area contributed by atoms with Crippen LogP contribution >= 0.6 is 11.6 Å². The number of amides is 1. The van der Waals surface area contributed by atoms with Crippen molar-refractivity contribution in [3.8, 4) is 11.5 Å². The molecule has 0 aliphatic carbocycles. The zero-order valence-electron chi connectivity index (χ0n) is 19.2. The van der Waals surface area contributed by atoms with Crippen molar-refractivity contribution in [2.75, 3.05) is 19.5 Å². The van der Waals surface area contributed by atoms with Crippen LogP contribution in [0.2, 0.25) is 5.02 Å². The second-order valence-electron chi connectivity index (χ2n) is 7.36. The van der Waals surface area contributed by atoms with Gasteiger partial charge >= 0.3 is 0 Å². The standard InChI is InChI=1S/C24H28ClN5O3/c1-5-9-30-15-18(16(2)29-30)14-26-24(28-23(31)17-7-6-8-19(25)10-17)27-20-11-21(32-3)13-22(12-20)33-4/h6-8,10-13,15H,5,9,14H2,1-4H3,(H2,26,27,28,31). The summed E-state index contributed by atoms with van der Waals surface area (Å²) in [6.45, 7) is 5.23. The van der Waals surface area contributed by atoms with Gasteiger partial charge in [-0.05, 0) is 31.5 Å². The maximum atomic E-state index is 12.9. The van der Waals surface area contributed by atoms with Gasteiger partial charge < -0.3 is 14.8 Å². The summed E-state index contributed by atoms with van der Waals surface area (Å²) in [5.74, 6) is 1.15. The number of methoxy groups -OCH3 is 2. The number of hydrogen-bond donors (Lipinski definition) is 2. The molecule has 0 aliphatic rings. The van der Waals surface area contributed by atoms with Crippen LogP contribution in [0.3, 0.4) is 0 Å². The van der Waals surface area contributed by atoms with Crippen LogP contribution in [0.1, 0.15) is 35.0 Å². The highest BCUT2D eigenvalue weighted by molar-refractivity contribution is 6.31. The van der Waals surface area contributed by atoms with E-state index in [-0.39, 0.29) is 11.9 Å². The van der Waals surface area contributed by atoms with Crippen LogP contribution in [0.4, 0.5) is 5.69 Å². The first-order valence-corrected chi connectivity index (χ1v) is 10.9. The maximum Gasteiger partial charge on any atom is 0.258 e. The van der Waals surface area contributed by atoms with E-state index in [1.54, 1.807) is 56.7 Å². The van der Waals surface area contributed by atoms with E-state index in [0.29, 0.717) is 34.3 Å². The van der Waals surface area contributed by atoms with Gasteiger partial charge in [-0.3, -0.25) is 14.8 Å². The van der Waals surface area contributed by atoms with Crippen molar-refractivity contribution in [3.05, 3.63) is 70.5 Å². The van der Waals surface area contributed by atoms with Crippen molar-refractivity contribution < 1.29 is 14.3 Å². The molecular formula is C24H28ClN5O3. The highest BCUT2D eigenvalue weighted by atomic mass is 35.5. The first kappa shape index (κ1) is 24.1. The van der Waals surface area contributed by atoms with Gasteiger partial charge in [-0.25, -0.2) is 4.99 Å². The quantitative estimate of drug-likeness (QED) is 0.369. The highest BCUT2D eigenvalue weighted by Gasteiger charge is 2.12. The van der Waals surface area contributed by atoms with Crippen LogP contribution < -0.4 is 20.1 Å². The molecule has 9 heteroatoms. The lowest BCUT2D eigenvalue weighted by molar-refractivity contribution is 0.0977. The molecule has 2 aromatic carbocycles. The first-order valence-electron chi connectivity index (χ1n) is 10.6. The molecule has 0 radical (unpaired) electrons. The summed E-state index contributed by atoms with van der Waals surface area (Å²) in [6, 6.07) is 12.1. The lowest BCUT2D eigenvalue weighted by Gasteiger charge is -2.14. The largest absolute Gasteiger partial charge is 0.497 e. The van der Waals surface area contributed by atoms with E-state index in [4.69, 9.17) is 21.1 Å². The molecular weight excluding hydrogens is 442 g/mol. The molecule has 0 fully saturated rings. The predicted molar refractivity (Wildman–Crippen MR) is 130 cm³/mol. The smallest absolute Gasteiger partial charge is 0.258 e. The van der Waals surface area contributed by atoms with Crippen LogP contribution in [-0.4, -0.2) is 35.9 Å². The molecule has 1 aromatic heterocycles. The number of carbonyl (C=O) groups excluding carboxylic acids is 1. The zero-order valence-corrected chi connectivity index (χ0v) is 19.9. The van der Waals surface area contributed by atoms with E-state index in [0.717, 1.165) is 24.2 Å². The summed E-state index contributed by atoms with van der Waals surface area (Å²) in [5.41, 5.74) is 2.95. The molecule has 0 spiro atoms. The van der Waals surface area contributed by atoms with E-state index in [1.165, 1.54) is 0 Å². The summed E-state index contributed by atoms with van der Waals surface area (Å²) in [5, 5.41) is 11.0. The Hall–Kier alpha value is -3.52. The van der Waals surface area contributed by atoms with Crippen molar-refractivity contribution in [3.63, 3.8) is 0 Å². The van der Waals surface area contributed by atoms with Gasteiger partial charge in [0, 0.05) is 52.8 Å². The number of carbonyl (C=O) groups is 1. The Kier molecular flexibility index (Phi) is 8.32. The fourth-order valence-corrected chi connectivity index (χ4v) is 3.35. The highest BCUT2D eigenvalue weighted by Crippen LogP contribution is 2.25. The van der Waals surface area contributed by atoms with Crippen molar-refractivity contribution >= 4 is 29.2 Å². The third-order valence-corrected chi connectivity index (χ3v) is 5.08. The monoisotopic (exact) mass is 469 g/mol. The van der Waals surface area contributed by atoms with E-state index in [2.05, 4.69) is 27.6 Å².